The number of ketones is 1. The summed E-state index contributed by atoms with van der Waals surface area (Å²) in [5.74, 6) is 0.0281. The zero-order valence-corrected chi connectivity index (χ0v) is 15.8. The molecule has 1 aliphatic rings. The minimum atomic E-state index is 0.0281. The number of hydrogen-bond acceptors (Lipinski definition) is 6. The van der Waals surface area contributed by atoms with Crippen LogP contribution in [0.2, 0.25) is 0 Å². The summed E-state index contributed by atoms with van der Waals surface area (Å²) in [6, 6.07) is 13.9. The molecule has 0 amide bonds. The summed E-state index contributed by atoms with van der Waals surface area (Å²) in [7, 11) is 0. The standard InChI is InChI=1S/C20H18N2O2S2/c23-16(17-7-4-14-25-17)8-9-18-19(15-5-2-1-3-6-15)21-20(26-18)22-10-12-24-13-11-22/h1-9,14H,10-13H2/b9-8+. The van der Waals surface area contributed by atoms with Gasteiger partial charge in [-0.25, -0.2) is 4.98 Å². The molecule has 0 N–H and O–H groups in total. The number of thiophene rings is 1. The van der Waals surface area contributed by atoms with Crippen LogP contribution in [0.3, 0.4) is 0 Å². The Balaban J connectivity index is 1.67. The topological polar surface area (TPSA) is 42.4 Å². The predicted molar refractivity (Wildman–Crippen MR) is 108 cm³/mol. The summed E-state index contributed by atoms with van der Waals surface area (Å²) in [5.41, 5.74) is 1.99. The molecule has 3 heterocycles. The number of rotatable bonds is 5. The fourth-order valence-corrected chi connectivity index (χ4v) is 4.46. The van der Waals surface area contributed by atoms with Crippen molar-refractivity contribution in [1.29, 1.82) is 0 Å². The highest BCUT2D eigenvalue weighted by atomic mass is 32.1. The molecular weight excluding hydrogens is 364 g/mol. The van der Waals surface area contributed by atoms with Crippen molar-refractivity contribution < 1.29 is 9.53 Å². The van der Waals surface area contributed by atoms with Crippen molar-refractivity contribution in [3.8, 4) is 11.3 Å². The Hall–Kier alpha value is -2.28. The zero-order chi connectivity index (χ0) is 17.8. The SMILES string of the molecule is O=C(/C=C/c1sc(N2CCOCC2)nc1-c1ccccc1)c1cccs1. The van der Waals surface area contributed by atoms with Crippen LogP contribution < -0.4 is 4.90 Å². The second-order valence-corrected chi connectivity index (χ2v) is 7.81. The fourth-order valence-electron chi connectivity index (χ4n) is 2.78. The van der Waals surface area contributed by atoms with Crippen molar-refractivity contribution in [2.45, 2.75) is 0 Å². The van der Waals surface area contributed by atoms with Gasteiger partial charge in [-0.05, 0) is 23.6 Å². The molecule has 1 fully saturated rings. The molecule has 0 bridgehead atoms. The van der Waals surface area contributed by atoms with E-state index in [0.717, 1.165) is 52.4 Å². The third-order valence-corrected chi connectivity index (χ3v) is 6.09. The first-order valence-electron chi connectivity index (χ1n) is 8.46. The average molecular weight is 383 g/mol. The molecule has 0 atom stereocenters. The minimum Gasteiger partial charge on any atom is -0.378 e. The summed E-state index contributed by atoms with van der Waals surface area (Å²) in [6.45, 7) is 3.14. The molecule has 0 radical (unpaired) electrons. The Morgan fingerprint density at radius 3 is 2.65 bits per heavy atom. The van der Waals surface area contributed by atoms with Crippen LogP contribution in [0.15, 0.2) is 53.9 Å². The van der Waals surface area contributed by atoms with Gasteiger partial charge in [0.1, 0.15) is 0 Å². The third kappa shape index (κ3) is 3.77. The van der Waals surface area contributed by atoms with Crippen LogP contribution in [0.25, 0.3) is 17.3 Å². The van der Waals surface area contributed by atoms with Crippen molar-refractivity contribution in [1.82, 2.24) is 4.98 Å². The first-order chi connectivity index (χ1) is 12.8. The summed E-state index contributed by atoms with van der Waals surface area (Å²) in [4.78, 5) is 21.2. The number of carbonyl (C=O) groups excluding carboxylic acids is 1. The van der Waals surface area contributed by atoms with Crippen LogP contribution in [-0.4, -0.2) is 37.1 Å². The van der Waals surface area contributed by atoms with Gasteiger partial charge >= 0.3 is 0 Å². The van der Waals surface area contributed by atoms with Crippen LogP contribution in [-0.2, 0) is 4.74 Å². The number of carbonyl (C=O) groups is 1. The molecule has 1 aliphatic heterocycles. The van der Waals surface area contributed by atoms with Gasteiger partial charge in [-0.2, -0.15) is 0 Å². The van der Waals surface area contributed by atoms with Gasteiger partial charge in [0.05, 0.1) is 28.7 Å². The van der Waals surface area contributed by atoms with E-state index in [-0.39, 0.29) is 5.78 Å². The van der Waals surface area contributed by atoms with E-state index in [9.17, 15) is 4.79 Å². The molecular formula is C20H18N2O2S2. The summed E-state index contributed by atoms with van der Waals surface area (Å²) in [6.07, 6.45) is 3.54. The fraction of sp³-hybridized carbons (Fsp3) is 0.200. The molecule has 0 unspecified atom stereocenters. The lowest BCUT2D eigenvalue weighted by molar-refractivity contribution is 0.105. The van der Waals surface area contributed by atoms with Crippen molar-refractivity contribution >= 4 is 39.7 Å². The molecule has 0 spiro atoms. The Kier molecular flexibility index (Phi) is 5.24. The predicted octanol–water partition coefficient (Wildman–Crippen LogP) is 4.60. The molecule has 4 nitrogen and oxygen atoms in total. The van der Waals surface area contributed by atoms with E-state index in [2.05, 4.69) is 17.0 Å². The summed E-state index contributed by atoms with van der Waals surface area (Å²) < 4.78 is 5.44. The number of morpholine rings is 1. The third-order valence-electron chi connectivity index (χ3n) is 4.12. The molecule has 3 aromatic rings. The number of allylic oxidation sites excluding steroid dienone is 1. The van der Waals surface area contributed by atoms with Gasteiger partial charge in [0.2, 0.25) is 0 Å². The van der Waals surface area contributed by atoms with E-state index < -0.39 is 0 Å². The van der Waals surface area contributed by atoms with Crippen molar-refractivity contribution in [3.63, 3.8) is 0 Å². The van der Waals surface area contributed by atoms with Crippen LogP contribution >= 0.6 is 22.7 Å². The Bertz CT molecular complexity index is 895. The number of ether oxygens (including phenoxy) is 1. The van der Waals surface area contributed by atoms with Gasteiger partial charge in [-0.3, -0.25) is 4.79 Å². The second-order valence-electron chi connectivity index (χ2n) is 5.85. The van der Waals surface area contributed by atoms with Gasteiger partial charge in [0.15, 0.2) is 10.9 Å². The molecule has 1 saturated heterocycles. The number of benzene rings is 1. The van der Waals surface area contributed by atoms with Gasteiger partial charge in [0, 0.05) is 18.7 Å². The normalized spacial score (nSPS) is 14.8. The number of aromatic nitrogens is 1. The Morgan fingerprint density at radius 1 is 1.12 bits per heavy atom. The molecule has 4 rings (SSSR count). The molecule has 2 aromatic heterocycles. The van der Waals surface area contributed by atoms with Gasteiger partial charge < -0.3 is 9.64 Å². The van der Waals surface area contributed by atoms with Crippen LogP contribution in [0, 0.1) is 0 Å². The summed E-state index contributed by atoms with van der Waals surface area (Å²) >= 11 is 3.08. The molecule has 26 heavy (non-hydrogen) atoms. The molecule has 6 heteroatoms. The van der Waals surface area contributed by atoms with Crippen LogP contribution in [0.4, 0.5) is 5.13 Å². The lowest BCUT2D eigenvalue weighted by Gasteiger charge is -2.26. The first kappa shape index (κ1) is 17.1. The minimum absolute atomic E-state index is 0.0281. The lowest BCUT2D eigenvalue weighted by atomic mass is 10.1. The molecule has 1 aromatic carbocycles. The maximum atomic E-state index is 12.3. The number of nitrogens with zero attached hydrogens (tertiary/aromatic N) is 2. The second kappa shape index (κ2) is 7.95. The van der Waals surface area contributed by atoms with E-state index in [1.807, 2.05) is 41.8 Å². The monoisotopic (exact) mass is 382 g/mol. The van der Waals surface area contributed by atoms with Crippen molar-refractivity contribution in [3.05, 3.63) is 63.7 Å². The smallest absolute Gasteiger partial charge is 0.195 e. The number of hydrogen-bond donors (Lipinski definition) is 0. The van der Waals surface area contributed by atoms with E-state index in [0.29, 0.717) is 0 Å². The Labute approximate surface area is 160 Å². The highest BCUT2D eigenvalue weighted by molar-refractivity contribution is 7.17. The van der Waals surface area contributed by atoms with E-state index >= 15 is 0 Å². The molecule has 0 saturated carbocycles. The highest BCUT2D eigenvalue weighted by Crippen LogP contribution is 2.34. The maximum Gasteiger partial charge on any atom is 0.195 e. The maximum absolute atomic E-state index is 12.3. The molecule has 132 valence electrons. The quantitative estimate of drug-likeness (QED) is 0.478. The lowest BCUT2D eigenvalue weighted by Crippen LogP contribution is -2.36. The number of thiazole rings is 1. The summed E-state index contributed by atoms with van der Waals surface area (Å²) in [5, 5.41) is 2.90. The van der Waals surface area contributed by atoms with Crippen LogP contribution in [0.1, 0.15) is 14.5 Å². The van der Waals surface area contributed by atoms with E-state index in [4.69, 9.17) is 9.72 Å². The Morgan fingerprint density at radius 2 is 1.92 bits per heavy atom. The van der Waals surface area contributed by atoms with E-state index in [1.165, 1.54) is 11.3 Å². The van der Waals surface area contributed by atoms with Crippen LogP contribution in [0.5, 0.6) is 0 Å². The van der Waals surface area contributed by atoms with Gasteiger partial charge in [0.25, 0.3) is 0 Å². The first-order valence-corrected chi connectivity index (χ1v) is 10.2. The molecule has 0 aliphatic carbocycles. The zero-order valence-electron chi connectivity index (χ0n) is 14.1. The largest absolute Gasteiger partial charge is 0.378 e. The van der Waals surface area contributed by atoms with Crippen molar-refractivity contribution in [2.24, 2.45) is 0 Å². The van der Waals surface area contributed by atoms with Gasteiger partial charge in [-0.1, -0.05) is 47.7 Å². The van der Waals surface area contributed by atoms with E-state index in [1.54, 1.807) is 17.4 Å². The van der Waals surface area contributed by atoms with Gasteiger partial charge in [-0.15, -0.1) is 11.3 Å². The highest BCUT2D eigenvalue weighted by Gasteiger charge is 2.18. The number of anilines is 1. The average Bonchev–Trinajstić information content (AvgIpc) is 3.38. The van der Waals surface area contributed by atoms with Crippen molar-refractivity contribution in [2.75, 3.05) is 31.2 Å².